The molecular formula is C13H12BrF2NO3. The molecule has 108 valence electrons. The Labute approximate surface area is 123 Å². The normalized spacial score (nSPS) is 10.2. The van der Waals surface area contributed by atoms with Gasteiger partial charge in [0.25, 0.3) is 0 Å². The van der Waals surface area contributed by atoms with Crippen LogP contribution in [0.5, 0.6) is 5.75 Å². The fraction of sp³-hybridized carbons (Fsp3) is 0.385. The van der Waals surface area contributed by atoms with Crippen LogP contribution in [-0.2, 0) is 21.3 Å². The highest BCUT2D eigenvalue weighted by Crippen LogP contribution is 2.29. The van der Waals surface area contributed by atoms with E-state index in [1.807, 2.05) is 6.07 Å². The number of ether oxygens (including phenoxy) is 2. The number of halogens is 3. The Morgan fingerprint density at radius 3 is 2.70 bits per heavy atom. The first-order valence-corrected chi connectivity index (χ1v) is 6.86. The second kappa shape index (κ2) is 7.80. The fourth-order valence-corrected chi connectivity index (χ4v) is 2.28. The van der Waals surface area contributed by atoms with Gasteiger partial charge in [-0.2, -0.15) is 14.0 Å². The van der Waals surface area contributed by atoms with Gasteiger partial charge in [-0.05, 0) is 24.6 Å². The number of rotatable bonds is 6. The van der Waals surface area contributed by atoms with Crippen LogP contribution in [0.4, 0.5) is 8.78 Å². The third-order valence-corrected chi connectivity index (χ3v) is 2.98. The van der Waals surface area contributed by atoms with E-state index in [1.54, 1.807) is 6.92 Å². The molecule has 0 aliphatic rings. The second-order valence-electron chi connectivity index (χ2n) is 3.72. The molecule has 7 heteroatoms. The first kappa shape index (κ1) is 16.4. The molecule has 0 aromatic heterocycles. The van der Waals surface area contributed by atoms with Crippen LogP contribution in [0.1, 0.15) is 23.6 Å². The maximum absolute atomic E-state index is 12.4. The first-order chi connectivity index (χ1) is 9.51. The van der Waals surface area contributed by atoms with Crippen LogP contribution in [-0.4, -0.2) is 19.2 Å². The zero-order valence-corrected chi connectivity index (χ0v) is 12.2. The summed E-state index contributed by atoms with van der Waals surface area (Å²) < 4.78 is 34.0. The van der Waals surface area contributed by atoms with Crippen molar-refractivity contribution in [2.45, 2.75) is 25.3 Å². The van der Waals surface area contributed by atoms with Crippen molar-refractivity contribution in [2.75, 3.05) is 6.61 Å². The summed E-state index contributed by atoms with van der Waals surface area (Å²) >= 11 is 3.16. The maximum atomic E-state index is 12.4. The summed E-state index contributed by atoms with van der Waals surface area (Å²) in [6, 6.07) is 4.53. The van der Waals surface area contributed by atoms with E-state index in [2.05, 4.69) is 20.7 Å². The van der Waals surface area contributed by atoms with Crippen molar-refractivity contribution in [3.63, 3.8) is 0 Å². The van der Waals surface area contributed by atoms with Gasteiger partial charge in [-0.3, -0.25) is 4.79 Å². The summed E-state index contributed by atoms with van der Waals surface area (Å²) in [6.07, 6.45) is -0.107. The second-order valence-corrected chi connectivity index (χ2v) is 4.28. The highest BCUT2D eigenvalue weighted by molar-refractivity contribution is 9.08. The third-order valence-electron chi connectivity index (χ3n) is 2.42. The van der Waals surface area contributed by atoms with Crippen molar-refractivity contribution in [3.05, 3.63) is 28.8 Å². The lowest BCUT2D eigenvalue weighted by molar-refractivity contribution is -0.142. The minimum absolute atomic E-state index is 0.107. The molecule has 0 radical (unpaired) electrons. The number of carbonyl (C=O) groups is 1. The maximum Gasteiger partial charge on any atom is 0.387 e. The molecule has 0 saturated carbocycles. The monoisotopic (exact) mass is 347 g/mol. The molecule has 0 amide bonds. The molecule has 0 N–H and O–H groups in total. The van der Waals surface area contributed by atoms with Crippen LogP contribution >= 0.6 is 15.9 Å². The zero-order chi connectivity index (χ0) is 15.1. The van der Waals surface area contributed by atoms with E-state index in [4.69, 9.17) is 10.00 Å². The Morgan fingerprint density at radius 1 is 1.50 bits per heavy atom. The van der Waals surface area contributed by atoms with Gasteiger partial charge in [0, 0.05) is 10.9 Å². The summed E-state index contributed by atoms with van der Waals surface area (Å²) in [6.45, 7) is -1.11. The van der Waals surface area contributed by atoms with Crippen LogP contribution in [0.25, 0.3) is 0 Å². The van der Waals surface area contributed by atoms with Gasteiger partial charge in [-0.15, -0.1) is 0 Å². The molecular weight excluding hydrogens is 336 g/mol. The van der Waals surface area contributed by atoms with Crippen LogP contribution in [0, 0.1) is 11.3 Å². The molecule has 1 aromatic rings. The number of nitrogens with zero attached hydrogens (tertiary/aromatic N) is 1. The van der Waals surface area contributed by atoms with Crippen molar-refractivity contribution >= 4 is 21.9 Å². The highest BCUT2D eigenvalue weighted by atomic mass is 79.9. The number of esters is 1. The van der Waals surface area contributed by atoms with Crippen molar-refractivity contribution in [2.24, 2.45) is 0 Å². The molecule has 0 saturated heterocycles. The lowest BCUT2D eigenvalue weighted by Crippen LogP contribution is -2.11. The van der Waals surface area contributed by atoms with Crippen LogP contribution < -0.4 is 4.74 Å². The van der Waals surface area contributed by atoms with Gasteiger partial charge < -0.3 is 9.47 Å². The Morgan fingerprint density at radius 2 is 2.20 bits per heavy atom. The summed E-state index contributed by atoms with van der Waals surface area (Å²) in [7, 11) is 0. The van der Waals surface area contributed by atoms with E-state index in [9.17, 15) is 13.6 Å². The Bertz CT molecular complexity index is 529. The topological polar surface area (TPSA) is 59.3 Å². The average molecular weight is 348 g/mol. The summed E-state index contributed by atoms with van der Waals surface area (Å²) in [4.78, 5) is 11.5. The minimum atomic E-state index is -3.00. The minimum Gasteiger partial charge on any atom is -0.466 e. The van der Waals surface area contributed by atoms with Gasteiger partial charge in [-0.25, -0.2) is 0 Å². The number of carbonyl (C=O) groups excluding carboxylic acids is 1. The van der Waals surface area contributed by atoms with E-state index in [0.29, 0.717) is 11.1 Å². The van der Waals surface area contributed by atoms with Crippen molar-refractivity contribution < 1.29 is 23.0 Å². The number of benzene rings is 1. The quantitative estimate of drug-likeness (QED) is 0.585. The molecule has 0 atom stereocenters. The van der Waals surface area contributed by atoms with Gasteiger partial charge in [0.15, 0.2) is 0 Å². The summed E-state index contributed by atoms with van der Waals surface area (Å²) in [5.41, 5.74) is 0.969. The lowest BCUT2D eigenvalue weighted by Gasteiger charge is -2.14. The van der Waals surface area contributed by atoms with Gasteiger partial charge in [-0.1, -0.05) is 15.9 Å². The predicted molar refractivity (Wildman–Crippen MR) is 70.8 cm³/mol. The van der Waals surface area contributed by atoms with E-state index in [0.717, 1.165) is 0 Å². The van der Waals surface area contributed by atoms with Crippen molar-refractivity contribution in [1.29, 1.82) is 5.26 Å². The molecule has 0 fully saturated rings. The molecule has 1 rings (SSSR count). The van der Waals surface area contributed by atoms with Gasteiger partial charge in [0.2, 0.25) is 0 Å². The molecule has 0 aliphatic carbocycles. The number of nitriles is 1. The number of hydrogen-bond acceptors (Lipinski definition) is 4. The standard InChI is InChI=1S/C13H12BrF2NO3/c1-2-19-12(18)5-9-3-8(7-17)4-11(10(9)6-14)20-13(15)16/h3-4,13H,2,5-6H2,1H3. The molecule has 0 heterocycles. The Balaban J connectivity index is 3.19. The molecule has 0 spiro atoms. The summed E-state index contributed by atoms with van der Waals surface area (Å²) in [5, 5.41) is 9.12. The molecule has 1 aromatic carbocycles. The third kappa shape index (κ3) is 4.46. The van der Waals surface area contributed by atoms with Crippen LogP contribution in [0.15, 0.2) is 12.1 Å². The number of alkyl halides is 3. The van der Waals surface area contributed by atoms with Gasteiger partial charge >= 0.3 is 12.6 Å². The summed E-state index contributed by atoms with van der Waals surface area (Å²) in [5.74, 6) is -0.608. The average Bonchev–Trinajstić information content (AvgIpc) is 2.37. The first-order valence-electron chi connectivity index (χ1n) is 5.74. The smallest absolute Gasteiger partial charge is 0.387 e. The predicted octanol–water partition coefficient (Wildman–Crippen LogP) is 3.16. The van der Waals surface area contributed by atoms with Gasteiger partial charge in [0.05, 0.1) is 24.7 Å². The molecule has 20 heavy (non-hydrogen) atoms. The van der Waals surface area contributed by atoms with Crippen LogP contribution in [0.2, 0.25) is 0 Å². The number of hydrogen-bond donors (Lipinski definition) is 0. The van der Waals surface area contributed by atoms with Gasteiger partial charge in [0.1, 0.15) is 5.75 Å². The van der Waals surface area contributed by atoms with E-state index < -0.39 is 12.6 Å². The molecule has 0 bridgehead atoms. The SMILES string of the molecule is CCOC(=O)Cc1cc(C#N)cc(OC(F)F)c1CBr. The molecule has 4 nitrogen and oxygen atoms in total. The largest absolute Gasteiger partial charge is 0.466 e. The molecule has 0 unspecified atom stereocenters. The van der Waals surface area contributed by atoms with Crippen LogP contribution in [0.3, 0.4) is 0 Å². The van der Waals surface area contributed by atoms with E-state index in [1.165, 1.54) is 12.1 Å². The van der Waals surface area contributed by atoms with E-state index >= 15 is 0 Å². The Hall–Kier alpha value is -1.68. The fourth-order valence-electron chi connectivity index (χ4n) is 1.65. The Kier molecular flexibility index (Phi) is 6.39. The zero-order valence-electron chi connectivity index (χ0n) is 10.7. The lowest BCUT2D eigenvalue weighted by atomic mass is 10.0. The van der Waals surface area contributed by atoms with Crippen molar-refractivity contribution in [3.8, 4) is 11.8 Å². The molecule has 0 aliphatic heterocycles. The van der Waals surface area contributed by atoms with Crippen molar-refractivity contribution in [1.82, 2.24) is 0 Å². The highest BCUT2D eigenvalue weighted by Gasteiger charge is 2.17. The van der Waals surface area contributed by atoms with E-state index in [-0.39, 0.29) is 29.7 Å².